The summed E-state index contributed by atoms with van der Waals surface area (Å²) in [6.07, 6.45) is 2.57. The second-order valence-corrected chi connectivity index (χ2v) is 8.70. The van der Waals surface area contributed by atoms with Gasteiger partial charge in [-0.2, -0.15) is 5.10 Å². The SMILES string of the molecule is Cc1cc(C)c(C)c(S(=O)(=O)NCC(O)c2ccc(-n3cccn3)cc2)c1C. The molecule has 2 aromatic carbocycles. The van der Waals surface area contributed by atoms with Crippen LogP contribution in [0.3, 0.4) is 0 Å². The first-order chi connectivity index (χ1) is 13.2. The molecule has 1 atom stereocenters. The van der Waals surface area contributed by atoms with E-state index in [9.17, 15) is 13.5 Å². The van der Waals surface area contributed by atoms with Crippen LogP contribution in [-0.2, 0) is 10.0 Å². The first kappa shape index (κ1) is 20.3. The van der Waals surface area contributed by atoms with Gasteiger partial charge in [-0.15, -0.1) is 0 Å². The van der Waals surface area contributed by atoms with Gasteiger partial charge in [0.1, 0.15) is 0 Å². The van der Waals surface area contributed by atoms with E-state index < -0.39 is 16.1 Å². The van der Waals surface area contributed by atoms with E-state index in [0.717, 1.165) is 27.9 Å². The van der Waals surface area contributed by atoms with Gasteiger partial charge >= 0.3 is 0 Å². The van der Waals surface area contributed by atoms with Crippen LogP contribution in [0.1, 0.15) is 33.9 Å². The second kappa shape index (κ2) is 7.87. The summed E-state index contributed by atoms with van der Waals surface area (Å²) in [7, 11) is -3.74. The van der Waals surface area contributed by atoms with Crippen molar-refractivity contribution >= 4 is 10.0 Å². The summed E-state index contributed by atoms with van der Waals surface area (Å²) in [6, 6.07) is 11.0. The lowest BCUT2D eigenvalue weighted by Crippen LogP contribution is -2.30. The monoisotopic (exact) mass is 399 g/mol. The van der Waals surface area contributed by atoms with Gasteiger partial charge in [0.15, 0.2) is 0 Å². The maximum Gasteiger partial charge on any atom is 0.241 e. The lowest BCUT2D eigenvalue weighted by Gasteiger charge is -2.18. The van der Waals surface area contributed by atoms with Crippen LogP contribution in [0.5, 0.6) is 0 Å². The summed E-state index contributed by atoms with van der Waals surface area (Å²) >= 11 is 0. The highest BCUT2D eigenvalue weighted by atomic mass is 32.2. The highest BCUT2D eigenvalue weighted by Crippen LogP contribution is 2.26. The summed E-state index contributed by atoms with van der Waals surface area (Å²) in [6.45, 7) is 7.31. The Morgan fingerprint density at radius 2 is 1.68 bits per heavy atom. The lowest BCUT2D eigenvalue weighted by molar-refractivity contribution is 0.182. The largest absolute Gasteiger partial charge is 0.387 e. The minimum atomic E-state index is -3.74. The topological polar surface area (TPSA) is 84.2 Å². The minimum Gasteiger partial charge on any atom is -0.387 e. The summed E-state index contributed by atoms with van der Waals surface area (Å²) in [5, 5.41) is 14.6. The molecule has 0 spiro atoms. The lowest BCUT2D eigenvalue weighted by atomic mass is 10.0. The Hall–Kier alpha value is -2.48. The van der Waals surface area contributed by atoms with Crippen molar-refractivity contribution in [2.24, 2.45) is 0 Å². The van der Waals surface area contributed by atoms with Gasteiger partial charge in [-0.1, -0.05) is 18.2 Å². The van der Waals surface area contributed by atoms with Crippen molar-refractivity contribution in [3.63, 3.8) is 0 Å². The van der Waals surface area contributed by atoms with Crippen molar-refractivity contribution in [3.8, 4) is 5.69 Å². The molecule has 0 aliphatic carbocycles. The summed E-state index contributed by atoms with van der Waals surface area (Å²) in [5.74, 6) is 0. The summed E-state index contributed by atoms with van der Waals surface area (Å²) in [4.78, 5) is 0.297. The third-order valence-electron chi connectivity index (χ3n) is 5.08. The van der Waals surface area contributed by atoms with E-state index in [-0.39, 0.29) is 6.54 Å². The minimum absolute atomic E-state index is 0.102. The Bertz CT molecular complexity index is 1050. The van der Waals surface area contributed by atoms with E-state index in [1.54, 1.807) is 36.9 Å². The number of benzene rings is 2. The zero-order valence-corrected chi connectivity index (χ0v) is 17.3. The van der Waals surface area contributed by atoms with Crippen LogP contribution in [-0.4, -0.2) is 29.8 Å². The first-order valence-corrected chi connectivity index (χ1v) is 10.5. The molecule has 0 aliphatic rings. The third kappa shape index (κ3) is 4.01. The van der Waals surface area contributed by atoms with Gasteiger partial charge < -0.3 is 5.11 Å². The van der Waals surface area contributed by atoms with Gasteiger partial charge in [0, 0.05) is 18.9 Å². The van der Waals surface area contributed by atoms with Gasteiger partial charge in [-0.25, -0.2) is 17.8 Å². The van der Waals surface area contributed by atoms with Crippen LogP contribution in [0.25, 0.3) is 5.69 Å². The van der Waals surface area contributed by atoms with Crippen molar-refractivity contribution in [3.05, 3.63) is 76.6 Å². The number of nitrogens with one attached hydrogen (secondary N) is 1. The van der Waals surface area contributed by atoms with Crippen LogP contribution in [0.2, 0.25) is 0 Å². The number of hydrogen-bond donors (Lipinski definition) is 2. The number of nitrogens with zero attached hydrogens (tertiary/aromatic N) is 2. The Labute approximate surface area is 165 Å². The summed E-state index contributed by atoms with van der Waals surface area (Å²) < 4.78 is 30.0. The molecule has 0 saturated carbocycles. The van der Waals surface area contributed by atoms with Crippen LogP contribution in [0.4, 0.5) is 0 Å². The molecule has 0 radical (unpaired) electrons. The number of aliphatic hydroxyl groups is 1. The normalized spacial score (nSPS) is 12.9. The highest BCUT2D eigenvalue weighted by molar-refractivity contribution is 7.89. The Balaban J connectivity index is 1.76. The van der Waals surface area contributed by atoms with E-state index in [4.69, 9.17) is 0 Å². The Morgan fingerprint density at radius 1 is 1.07 bits per heavy atom. The maximum atomic E-state index is 12.9. The van der Waals surface area contributed by atoms with Crippen LogP contribution in [0.15, 0.2) is 53.7 Å². The molecule has 0 amide bonds. The van der Waals surface area contributed by atoms with E-state index in [1.165, 1.54) is 0 Å². The molecule has 7 heteroatoms. The maximum absolute atomic E-state index is 12.9. The van der Waals surface area contributed by atoms with Crippen molar-refractivity contribution in [1.29, 1.82) is 0 Å². The number of aromatic nitrogens is 2. The fraction of sp³-hybridized carbons (Fsp3) is 0.286. The predicted octanol–water partition coefficient (Wildman–Crippen LogP) is 3.12. The highest BCUT2D eigenvalue weighted by Gasteiger charge is 2.23. The van der Waals surface area contributed by atoms with Crippen molar-refractivity contribution < 1.29 is 13.5 Å². The third-order valence-corrected chi connectivity index (χ3v) is 6.78. The van der Waals surface area contributed by atoms with Gasteiger partial charge in [0.25, 0.3) is 0 Å². The van der Waals surface area contributed by atoms with Crippen LogP contribution < -0.4 is 4.72 Å². The van der Waals surface area contributed by atoms with Crippen LogP contribution in [0, 0.1) is 27.7 Å². The molecule has 1 heterocycles. The van der Waals surface area contributed by atoms with E-state index in [1.807, 2.05) is 44.3 Å². The Morgan fingerprint density at radius 3 is 2.21 bits per heavy atom. The molecule has 0 bridgehead atoms. The molecule has 6 nitrogen and oxygen atoms in total. The molecule has 0 aliphatic heterocycles. The number of hydrogen-bond acceptors (Lipinski definition) is 4. The summed E-state index contributed by atoms with van der Waals surface area (Å²) in [5.41, 5.74) is 4.81. The smallest absolute Gasteiger partial charge is 0.241 e. The molecule has 0 fully saturated rings. The number of aryl methyl sites for hydroxylation is 2. The average Bonchev–Trinajstić information content (AvgIpc) is 3.19. The zero-order valence-electron chi connectivity index (χ0n) is 16.5. The molecular formula is C21H25N3O3S. The fourth-order valence-corrected chi connectivity index (χ4v) is 4.88. The van der Waals surface area contributed by atoms with Gasteiger partial charge in [-0.3, -0.25) is 0 Å². The average molecular weight is 400 g/mol. The van der Waals surface area contributed by atoms with Gasteiger partial charge in [0.2, 0.25) is 10.0 Å². The fourth-order valence-electron chi connectivity index (χ4n) is 3.23. The molecule has 0 saturated heterocycles. The molecule has 148 valence electrons. The molecular weight excluding hydrogens is 374 g/mol. The number of rotatable bonds is 6. The van der Waals surface area contributed by atoms with E-state index >= 15 is 0 Å². The van der Waals surface area contributed by atoms with E-state index in [2.05, 4.69) is 9.82 Å². The van der Waals surface area contributed by atoms with Crippen LogP contribution >= 0.6 is 0 Å². The molecule has 3 aromatic rings. The molecule has 1 unspecified atom stereocenters. The van der Waals surface area contributed by atoms with Crippen molar-refractivity contribution in [1.82, 2.24) is 14.5 Å². The van der Waals surface area contributed by atoms with E-state index in [0.29, 0.717) is 10.5 Å². The quantitative estimate of drug-likeness (QED) is 0.667. The van der Waals surface area contributed by atoms with Crippen molar-refractivity contribution in [2.75, 3.05) is 6.54 Å². The molecule has 1 aromatic heterocycles. The Kier molecular flexibility index (Phi) is 5.69. The number of sulfonamides is 1. The van der Waals surface area contributed by atoms with Crippen molar-refractivity contribution in [2.45, 2.75) is 38.7 Å². The molecule has 28 heavy (non-hydrogen) atoms. The van der Waals surface area contributed by atoms with Gasteiger partial charge in [0.05, 0.1) is 16.7 Å². The second-order valence-electron chi connectivity index (χ2n) is 7.00. The molecule has 3 rings (SSSR count). The zero-order chi connectivity index (χ0) is 20.5. The first-order valence-electron chi connectivity index (χ1n) is 9.06. The predicted molar refractivity (Wildman–Crippen MR) is 109 cm³/mol. The van der Waals surface area contributed by atoms with Gasteiger partial charge in [-0.05, 0) is 73.7 Å². The number of aliphatic hydroxyl groups excluding tert-OH is 1. The standard InChI is InChI=1S/C21H25N3O3S/c1-14-12-15(2)17(4)21(16(14)3)28(26,27)23-13-20(25)18-6-8-19(9-7-18)24-11-5-10-22-24/h5-12,20,23,25H,13H2,1-4H3. The molecule has 2 N–H and O–H groups in total.